The van der Waals surface area contributed by atoms with Crippen molar-refractivity contribution in [2.75, 3.05) is 16.8 Å². The first kappa shape index (κ1) is 31.3. The smallest absolute Gasteiger partial charge is 0.387 e. The van der Waals surface area contributed by atoms with Crippen LogP contribution in [0.15, 0.2) is 36.9 Å². The van der Waals surface area contributed by atoms with E-state index < -0.39 is 47.0 Å². The van der Waals surface area contributed by atoms with Gasteiger partial charge in [-0.05, 0) is 39.2 Å². The highest BCUT2D eigenvalue weighted by Gasteiger charge is 2.53. The van der Waals surface area contributed by atoms with Gasteiger partial charge in [0.1, 0.15) is 5.69 Å². The molecule has 6 rings (SSSR count). The van der Waals surface area contributed by atoms with E-state index in [1.54, 1.807) is 13.8 Å². The van der Waals surface area contributed by atoms with Crippen molar-refractivity contribution in [3.05, 3.63) is 75.8 Å². The van der Waals surface area contributed by atoms with E-state index in [4.69, 9.17) is 16.3 Å². The van der Waals surface area contributed by atoms with E-state index in [2.05, 4.69) is 25.4 Å². The van der Waals surface area contributed by atoms with Gasteiger partial charge in [-0.1, -0.05) is 17.7 Å². The quantitative estimate of drug-likeness (QED) is 0.203. The highest BCUT2D eigenvalue weighted by atomic mass is 35.5. The van der Waals surface area contributed by atoms with Crippen LogP contribution in [0, 0.1) is 31.5 Å². The first-order chi connectivity index (χ1) is 21.8. The van der Waals surface area contributed by atoms with Crippen LogP contribution >= 0.6 is 11.6 Å². The number of anilines is 2. The second-order valence-electron chi connectivity index (χ2n) is 11.1. The zero-order chi connectivity index (χ0) is 33.0. The van der Waals surface area contributed by atoms with E-state index in [1.165, 1.54) is 35.1 Å². The minimum atomic E-state index is -3.15. The molecule has 3 aromatic heterocycles. The maximum absolute atomic E-state index is 14.8. The van der Waals surface area contributed by atoms with Gasteiger partial charge in [0, 0.05) is 47.1 Å². The van der Waals surface area contributed by atoms with E-state index in [0.29, 0.717) is 17.7 Å². The molecule has 3 atom stereocenters. The van der Waals surface area contributed by atoms with E-state index in [-0.39, 0.29) is 52.1 Å². The number of carbonyl (C=O) groups excluding carboxylic acids is 2. The van der Waals surface area contributed by atoms with Gasteiger partial charge in [-0.2, -0.15) is 13.9 Å². The van der Waals surface area contributed by atoms with Gasteiger partial charge in [-0.25, -0.2) is 23.1 Å². The Kier molecular flexibility index (Phi) is 8.12. The molecule has 0 spiro atoms. The lowest BCUT2D eigenvalue weighted by atomic mass is 10.0. The van der Waals surface area contributed by atoms with E-state index in [1.807, 2.05) is 0 Å². The molecule has 46 heavy (non-hydrogen) atoms. The van der Waals surface area contributed by atoms with Crippen LogP contribution in [0.3, 0.4) is 0 Å². The highest BCUT2D eigenvalue weighted by molar-refractivity contribution is 6.31. The zero-order valence-corrected chi connectivity index (χ0v) is 25.2. The number of pyridine rings is 1. The predicted octanol–water partition coefficient (Wildman–Crippen LogP) is 6.53. The number of aromatic nitrogens is 5. The molecule has 1 aromatic carbocycles. The monoisotopic (exact) mass is 661 g/mol. The summed E-state index contributed by atoms with van der Waals surface area (Å²) in [7, 11) is 0. The van der Waals surface area contributed by atoms with Crippen LogP contribution in [0.2, 0.25) is 5.02 Å². The van der Waals surface area contributed by atoms with Crippen LogP contribution in [0.4, 0.5) is 33.5 Å². The van der Waals surface area contributed by atoms with Gasteiger partial charge in [-0.15, -0.1) is 0 Å². The standard InChI is InChI=1S/C30H25ClF5N7O3/c1-12-19(8-38-27(25(12)46-30(35)36)42-10-15-6-18(15)29(42)45)14(3)43-11-16(7-39-43)40-28(44)24-13(2)37-9-21(41-24)22-17(26(33)34)4-5-20(31)23(22)32/h4-5,7-9,11,14-15,18,26,30H,6,10H2,1-3H3,(H,40,44)/t14-,15-,18-/m1/s1. The van der Waals surface area contributed by atoms with Crippen molar-refractivity contribution < 1.29 is 36.3 Å². The molecule has 240 valence electrons. The fraction of sp³-hybridized carbons (Fsp3) is 0.333. The number of aryl methyl sites for hydroxylation is 1. The molecule has 10 nitrogen and oxygen atoms in total. The number of ether oxygens (including phenoxy) is 1. The van der Waals surface area contributed by atoms with Crippen molar-refractivity contribution >= 4 is 34.9 Å². The first-order valence-corrected chi connectivity index (χ1v) is 14.4. The van der Waals surface area contributed by atoms with Gasteiger partial charge < -0.3 is 10.1 Å². The number of nitrogens with zero attached hydrogens (tertiary/aromatic N) is 6. The molecule has 4 heterocycles. The lowest BCUT2D eigenvalue weighted by Gasteiger charge is -2.24. The van der Waals surface area contributed by atoms with Gasteiger partial charge >= 0.3 is 6.61 Å². The Balaban J connectivity index is 1.25. The van der Waals surface area contributed by atoms with Crippen LogP contribution in [0.1, 0.15) is 58.7 Å². The summed E-state index contributed by atoms with van der Waals surface area (Å²) in [6.45, 7) is 2.02. The van der Waals surface area contributed by atoms with Gasteiger partial charge in [-0.3, -0.25) is 24.2 Å². The Morgan fingerprint density at radius 1 is 1.11 bits per heavy atom. The summed E-state index contributed by atoms with van der Waals surface area (Å²) in [5.74, 6) is -2.14. The summed E-state index contributed by atoms with van der Waals surface area (Å²) >= 11 is 5.83. The van der Waals surface area contributed by atoms with Crippen molar-refractivity contribution in [2.45, 2.75) is 46.3 Å². The second-order valence-corrected chi connectivity index (χ2v) is 11.5. The lowest BCUT2D eigenvalue weighted by Crippen LogP contribution is -2.30. The number of nitrogens with one attached hydrogen (secondary N) is 1. The number of alkyl halides is 4. The van der Waals surface area contributed by atoms with Crippen LogP contribution in [0.5, 0.6) is 5.75 Å². The molecule has 1 aliphatic heterocycles. The first-order valence-electron chi connectivity index (χ1n) is 14.1. The molecule has 4 aromatic rings. The number of halogens is 6. The van der Waals surface area contributed by atoms with Crippen molar-refractivity contribution in [3.63, 3.8) is 0 Å². The summed E-state index contributed by atoms with van der Waals surface area (Å²) in [6.07, 6.45) is 3.08. The number of carbonyl (C=O) groups is 2. The summed E-state index contributed by atoms with van der Waals surface area (Å²) in [5, 5.41) is 6.48. The second kappa shape index (κ2) is 11.9. The van der Waals surface area contributed by atoms with Crippen LogP contribution in [-0.2, 0) is 4.79 Å². The highest BCUT2D eigenvalue weighted by Crippen LogP contribution is 2.49. The third-order valence-corrected chi connectivity index (χ3v) is 8.48. The third kappa shape index (κ3) is 5.63. The largest absolute Gasteiger partial charge is 0.431 e. The topological polar surface area (TPSA) is 115 Å². The molecule has 0 radical (unpaired) electrons. The number of hydrogen-bond acceptors (Lipinski definition) is 7. The predicted molar refractivity (Wildman–Crippen MR) is 156 cm³/mol. The minimum absolute atomic E-state index is 0.0383. The van der Waals surface area contributed by atoms with Crippen molar-refractivity contribution in [1.82, 2.24) is 24.7 Å². The molecular weight excluding hydrogens is 637 g/mol. The van der Waals surface area contributed by atoms with Gasteiger partial charge in [0.2, 0.25) is 5.91 Å². The Morgan fingerprint density at radius 2 is 1.87 bits per heavy atom. The van der Waals surface area contributed by atoms with E-state index >= 15 is 0 Å². The molecule has 2 aliphatic rings. The molecule has 1 saturated carbocycles. The average molecular weight is 662 g/mol. The molecule has 1 saturated heterocycles. The molecule has 1 N–H and O–H groups in total. The molecule has 1 aliphatic carbocycles. The van der Waals surface area contributed by atoms with E-state index in [9.17, 15) is 31.5 Å². The summed E-state index contributed by atoms with van der Waals surface area (Å²) in [5.41, 5.74) is -0.625. The molecule has 2 amide bonds. The fourth-order valence-corrected chi connectivity index (χ4v) is 5.79. The molecule has 16 heteroatoms. The normalized spacial score (nSPS) is 17.9. The van der Waals surface area contributed by atoms with Crippen LogP contribution in [0.25, 0.3) is 11.3 Å². The Bertz CT molecular complexity index is 1870. The molecule has 2 fully saturated rings. The fourth-order valence-electron chi connectivity index (χ4n) is 5.64. The number of benzene rings is 1. The molecule has 0 bridgehead atoms. The van der Waals surface area contributed by atoms with Gasteiger partial charge in [0.15, 0.2) is 17.4 Å². The maximum Gasteiger partial charge on any atom is 0.387 e. The van der Waals surface area contributed by atoms with Crippen molar-refractivity contribution in [2.24, 2.45) is 11.8 Å². The minimum Gasteiger partial charge on any atom is -0.431 e. The number of fused-ring (bicyclic) bond motifs is 1. The molecular formula is C30H25ClF5N7O3. The number of rotatable bonds is 9. The summed E-state index contributed by atoms with van der Waals surface area (Å²) < 4.78 is 75.3. The average Bonchev–Trinajstić information content (AvgIpc) is 3.51. The Morgan fingerprint density at radius 3 is 2.54 bits per heavy atom. The van der Waals surface area contributed by atoms with Crippen LogP contribution < -0.4 is 15.0 Å². The summed E-state index contributed by atoms with van der Waals surface area (Å²) in [6, 6.07) is 1.40. The van der Waals surface area contributed by atoms with Crippen LogP contribution in [-0.4, -0.2) is 49.7 Å². The molecule has 0 unspecified atom stereocenters. The number of piperidine rings is 1. The third-order valence-electron chi connectivity index (χ3n) is 8.18. The van der Waals surface area contributed by atoms with Gasteiger partial charge in [0.05, 0.1) is 40.5 Å². The Hall–Kier alpha value is -4.66. The Labute approximate surface area is 263 Å². The van der Waals surface area contributed by atoms with Gasteiger partial charge in [0.25, 0.3) is 12.3 Å². The summed E-state index contributed by atoms with van der Waals surface area (Å²) in [4.78, 5) is 39.7. The lowest BCUT2D eigenvalue weighted by molar-refractivity contribution is -0.118. The van der Waals surface area contributed by atoms with E-state index in [0.717, 1.165) is 24.8 Å². The maximum atomic E-state index is 14.8. The number of hydrogen-bond donors (Lipinski definition) is 1. The van der Waals surface area contributed by atoms with Crippen molar-refractivity contribution in [1.29, 1.82) is 0 Å². The zero-order valence-electron chi connectivity index (χ0n) is 24.4. The SMILES string of the molecule is Cc1ncc(-c2c(C(F)F)ccc(Cl)c2F)nc1C(=O)Nc1cnn([C@H](C)c2cnc(N3C[C@H]4C[C@H]4C3=O)c(OC(F)F)c2C)c1. The number of amides is 2. The van der Waals surface area contributed by atoms with Crippen molar-refractivity contribution in [3.8, 4) is 17.0 Å².